The van der Waals surface area contributed by atoms with E-state index >= 15 is 0 Å². The Balaban J connectivity index is 0.980. The third-order valence-corrected chi connectivity index (χ3v) is 9.87. The number of para-hydroxylation sites is 1. The van der Waals surface area contributed by atoms with E-state index in [2.05, 4.69) is 52.0 Å². The maximum atomic E-state index is 13.6. The van der Waals surface area contributed by atoms with Crippen molar-refractivity contribution in [1.82, 2.24) is 30.7 Å². The topological polar surface area (TPSA) is 331 Å². The quantitative estimate of drug-likeness (QED) is 0.0701. The number of pyridine rings is 2. The molecule has 0 saturated carbocycles. The van der Waals surface area contributed by atoms with Crippen molar-refractivity contribution in [2.45, 2.75) is 25.7 Å². The van der Waals surface area contributed by atoms with Crippen molar-refractivity contribution in [3.63, 3.8) is 0 Å². The van der Waals surface area contributed by atoms with Gasteiger partial charge in [0.05, 0.1) is 65.0 Å². The van der Waals surface area contributed by atoms with Gasteiger partial charge in [0, 0.05) is 40.4 Å². The molecule has 7 aromatic rings. The van der Waals surface area contributed by atoms with Crippen molar-refractivity contribution in [3.05, 3.63) is 154 Å². The van der Waals surface area contributed by atoms with Gasteiger partial charge < -0.3 is 52.1 Å². The number of hydrogen-bond acceptors (Lipinski definition) is 14. The van der Waals surface area contributed by atoms with Crippen molar-refractivity contribution < 1.29 is 54.3 Å². The van der Waals surface area contributed by atoms with Crippen molar-refractivity contribution >= 4 is 69.2 Å². The number of phenols is 2. The van der Waals surface area contributed by atoms with Crippen molar-refractivity contribution in [1.29, 1.82) is 0 Å². The Kier molecular flexibility index (Phi) is 13.1. The maximum Gasteiger partial charge on any atom is 0.339 e. The Hall–Kier alpha value is -9.08. The minimum atomic E-state index is -1.47. The van der Waals surface area contributed by atoms with Gasteiger partial charge in [-0.3, -0.25) is 29.0 Å². The van der Waals surface area contributed by atoms with Crippen LogP contribution >= 0.6 is 0 Å². The van der Waals surface area contributed by atoms with Gasteiger partial charge in [-0.15, -0.1) is 0 Å². The summed E-state index contributed by atoms with van der Waals surface area (Å²) in [6, 6.07) is 21.1. The summed E-state index contributed by atoms with van der Waals surface area (Å²) in [6.45, 7) is -1.67. The van der Waals surface area contributed by atoms with E-state index < -0.39 is 71.8 Å². The molecule has 328 valence electrons. The van der Waals surface area contributed by atoms with E-state index in [4.69, 9.17) is 0 Å². The second kappa shape index (κ2) is 19.3. The molecule has 5 amide bonds. The highest BCUT2D eigenvalue weighted by atomic mass is 16.4. The molecule has 0 unspecified atom stereocenters. The van der Waals surface area contributed by atoms with Crippen LogP contribution in [0, 0.1) is 0 Å². The number of rotatable bonds is 15. The number of aliphatic hydroxyl groups excluding tert-OH is 2. The van der Waals surface area contributed by atoms with E-state index in [0.717, 1.165) is 29.1 Å². The molecule has 0 aliphatic rings. The van der Waals surface area contributed by atoms with Gasteiger partial charge in [0.1, 0.15) is 28.8 Å². The second-order valence-electron chi connectivity index (χ2n) is 14.1. The van der Waals surface area contributed by atoms with E-state index in [1.54, 1.807) is 6.07 Å². The zero-order valence-electron chi connectivity index (χ0n) is 33.6. The van der Waals surface area contributed by atoms with Crippen molar-refractivity contribution in [3.8, 4) is 11.5 Å². The molecule has 0 fully saturated rings. The van der Waals surface area contributed by atoms with Crippen LogP contribution < -0.4 is 26.6 Å². The summed E-state index contributed by atoms with van der Waals surface area (Å²) in [5, 5.41) is 74.2. The summed E-state index contributed by atoms with van der Waals surface area (Å²) in [5.41, 5.74) is 0.381. The first kappa shape index (κ1) is 44.0. The van der Waals surface area contributed by atoms with Crippen LogP contribution in [0.5, 0.6) is 11.5 Å². The third-order valence-electron chi connectivity index (χ3n) is 9.87. The maximum absolute atomic E-state index is 13.6. The molecule has 21 heteroatoms. The fraction of sp³-hybridized carbons (Fsp3) is 0.0909. The number of hydrogen-bond donors (Lipinski definition) is 11. The van der Waals surface area contributed by atoms with E-state index in [1.165, 1.54) is 61.1 Å². The van der Waals surface area contributed by atoms with Crippen LogP contribution in [0.1, 0.15) is 68.7 Å². The highest BCUT2D eigenvalue weighted by Gasteiger charge is 2.25. The summed E-state index contributed by atoms with van der Waals surface area (Å²) < 4.78 is 0. The van der Waals surface area contributed by atoms with Gasteiger partial charge in [-0.25, -0.2) is 9.78 Å². The fourth-order valence-electron chi connectivity index (χ4n) is 6.48. The normalized spacial score (nSPS) is 11.3. The van der Waals surface area contributed by atoms with Gasteiger partial charge in [-0.05, 0) is 72.8 Å². The van der Waals surface area contributed by atoms with Crippen LogP contribution in [0.3, 0.4) is 0 Å². The zero-order valence-corrected chi connectivity index (χ0v) is 33.6. The summed E-state index contributed by atoms with van der Waals surface area (Å²) in [7, 11) is 0. The molecule has 11 N–H and O–H groups in total. The Labute approximate surface area is 366 Å². The predicted octanol–water partition coefficient (Wildman–Crippen LogP) is 3.58. The number of fused-ring (bicyclic) bond motifs is 1. The Bertz CT molecular complexity index is 2960. The molecular formula is C44H36N10O11. The Morgan fingerprint density at radius 2 is 1.28 bits per heavy atom. The van der Waals surface area contributed by atoms with Gasteiger partial charge in [0.25, 0.3) is 23.6 Å². The lowest BCUT2D eigenvalue weighted by Gasteiger charge is -2.18. The van der Waals surface area contributed by atoms with Crippen molar-refractivity contribution in [2.24, 2.45) is 0 Å². The number of aromatic amines is 1. The number of amides is 5. The van der Waals surface area contributed by atoms with Gasteiger partial charge >= 0.3 is 5.97 Å². The number of carboxylic acids is 1. The first-order valence-electron chi connectivity index (χ1n) is 19.3. The van der Waals surface area contributed by atoms with Crippen molar-refractivity contribution in [2.75, 3.05) is 21.3 Å². The monoisotopic (exact) mass is 880 g/mol. The average molecular weight is 881 g/mol. The first-order chi connectivity index (χ1) is 31.3. The highest BCUT2D eigenvalue weighted by Crippen LogP contribution is 2.33. The number of nitrogens with zero attached hydrogens (tertiary/aromatic N) is 4. The number of carbonyl (C=O) groups excluding carboxylic acids is 5. The fourth-order valence-corrected chi connectivity index (χ4v) is 6.48. The Morgan fingerprint density at radius 3 is 1.92 bits per heavy atom. The summed E-state index contributed by atoms with van der Waals surface area (Å²) in [5.74, 6) is -6.38. The van der Waals surface area contributed by atoms with Crippen LogP contribution in [0.15, 0.2) is 110 Å². The van der Waals surface area contributed by atoms with E-state index in [0.29, 0.717) is 16.9 Å². The van der Waals surface area contributed by atoms with Crippen LogP contribution in [-0.4, -0.2) is 92.5 Å². The number of benzene rings is 4. The number of aromatic nitrogens is 5. The first-order valence-corrected chi connectivity index (χ1v) is 19.3. The number of carbonyl (C=O) groups is 6. The number of nitrogens with one attached hydrogen (secondary N) is 6. The van der Waals surface area contributed by atoms with Gasteiger partial charge in [-0.1, -0.05) is 18.2 Å². The van der Waals surface area contributed by atoms with Crippen LogP contribution in [-0.2, 0) is 24.4 Å². The average Bonchev–Trinajstić information content (AvgIpc) is 3.82. The minimum absolute atomic E-state index is 0.0659. The molecular weight excluding hydrogens is 845 g/mol. The van der Waals surface area contributed by atoms with Gasteiger partial charge in [0.15, 0.2) is 0 Å². The Morgan fingerprint density at radius 1 is 0.615 bits per heavy atom. The summed E-state index contributed by atoms with van der Waals surface area (Å²) >= 11 is 0. The van der Waals surface area contributed by atoms with E-state index in [-0.39, 0.29) is 51.4 Å². The molecule has 0 radical (unpaired) electrons. The smallest absolute Gasteiger partial charge is 0.339 e. The largest absolute Gasteiger partial charge is 0.507 e. The van der Waals surface area contributed by atoms with Crippen LogP contribution in [0.25, 0.3) is 10.9 Å². The van der Waals surface area contributed by atoms with Gasteiger partial charge in [-0.2, -0.15) is 15.4 Å². The summed E-state index contributed by atoms with van der Waals surface area (Å²) in [6.07, 6.45) is 3.97. The SMILES string of the molecule is O=C(Nc1ccc(C(=O)N[C@@H](Cc2cn[nH]n2)C(=O)Nc2ccc(C(=O)Nc3ccc(C(=O)Nc4ccc(C(=O)O)c(O)c4CO)c(O)c3CO)nc2)cc1)c1cnc2ccccc2c1. The highest BCUT2D eigenvalue weighted by molar-refractivity contribution is 6.09. The molecule has 4 aromatic carbocycles. The molecule has 3 heterocycles. The van der Waals surface area contributed by atoms with E-state index in [9.17, 15) is 54.3 Å². The molecule has 0 bridgehead atoms. The molecule has 3 aromatic heterocycles. The molecule has 21 nitrogen and oxygen atoms in total. The predicted molar refractivity (Wildman–Crippen MR) is 231 cm³/mol. The van der Waals surface area contributed by atoms with Crippen LogP contribution in [0.2, 0.25) is 0 Å². The zero-order chi connectivity index (χ0) is 46.2. The summed E-state index contributed by atoms with van der Waals surface area (Å²) in [4.78, 5) is 85.9. The molecule has 65 heavy (non-hydrogen) atoms. The van der Waals surface area contributed by atoms with Crippen LogP contribution in [0.4, 0.5) is 22.7 Å². The number of anilines is 4. The van der Waals surface area contributed by atoms with E-state index in [1.807, 2.05) is 24.3 Å². The molecule has 0 spiro atoms. The lowest BCUT2D eigenvalue weighted by Crippen LogP contribution is -2.45. The molecule has 0 aliphatic heterocycles. The lowest BCUT2D eigenvalue weighted by molar-refractivity contribution is -0.118. The number of aromatic hydroxyl groups is 2. The second-order valence-corrected chi connectivity index (χ2v) is 14.1. The molecule has 7 rings (SSSR count). The third kappa shape index (κ3) is 10.0. The number of aliphatic hydroxyl groups is 2. The number of aromatic carboxylic acids is 1. The number of carboxylic acid groups (broad SMARTS) is 1. The lowest BCUT2D eigenvalue weighted by atomic mass is 10.0. The standard InChI is InChI=1S/C44H36N10O11/c55-20-30-34(13-10-28(37(30)57)41(61)50-33-14-11-29(44(64)65)38(58)31(33)21-56)51-42(62)35-12-9-26(18-46-35)49-43(63)36(16-27-19-47-54-53-27)52-39(59)22-5-7-25(8-6-22)48-40(60)24-15-23-3-1-2-4-32(23)45-17-24/h1-15,17-19,36,55-58H,16,20-21H2,(H,48,60)(H,49,63)(H,50,61)(H,51,62)(H,52,59)(H,64,65)(H,47,53,54)/t36-/m0/s1. The minimum Gasteiger partial charge on any atom is -0.507 e. The molecule has 0 aliphatic carbocycles. The number of H-pyrrole nitrogens is 1. The molecule has 0 saturated heterocycles. The molecule has 1 atom stereocenters. The van der Waals surface area contributed by atoms with Gasteiger partial charge in [0.2, 0.25) is 5.91 Å².